The number of aliphatic hydroxyl groups is 1. The fraction of sp³-hybridized carbons (Fsp3) is 0.500. The summed E-state index contributed by atoms with van der Waals surface area (Å²) >= 11 is 0. The number of carbonyl (C=O) groups is 4. The molecule has 0 bridgehead atoms. The number of ether oxygens (including phenoxy) is 2. The van der Waals surface area contributed by atoms with Crippen molar-refractivity contribution in [3.63, 3.8) is 0 Å². The molecule has 3 rings (SSSR count). The second kappa shape index (κ2) is 17.1. The Balaban J connectivity index is 1.60. The third kappa shape index (κ3) is 10.9. The average molecular weight is 652 g/mol. The third-order valence-electron chi connectivity index (χ3n) is 8.47. The van der Waals surface area contributed by atoms with Gasteiger partial charge in [-0.25, -0.2) is 0 Å². The number of carboxylic acids is 1. The second-order valence-corrected chi connectivity index (χ2v) is 12.8. The van der Waals surface area contributed by atoms with Crippen LogP contribution in [0.25, 0.3) is 0 Å². The summed E-state index contributed by atoms with van der Waals surface area (Å²) in [7, 11) is 1.60. The maximum Gasteiger partial charge on any atom is 0.325 e. The van der Waals surface area contributed by atoms with Gasteiger partial charge in [0.1, 0.15) is 23.9 Å². The van der Waals surface area contributed by atoms with E-state index in [1.54, 1.807) is 27.0 Å². The van der Waals surface area contributed by atoms with Crippen LogP contribution >= 0.6 is 0 Å². The van der Waals surface area contributed by atoms with E-state index in [-0.39, 0.29) is 37.7 Å². The number of hydrogen-bond donors (Lipinski definition) is 5. The SMILES string of the molecule is CCc1cc(C[C@@H](NC(=O)/C=C/CC[C@H](C)C2OC2c2ccc(CO)cc2)C(=O)NCC(C)(C)C(=O)N[C@@H](C)C(=O)O)ccc1OC. The molecule has 0 radical (unpaired) electrons. The Kier molecular flexibility index (Phi) is 13.5. The summed E-state index contributed by atoms with van der Waals surface area (Å²) in [6.45, 7) is 8.63. The summed E-state index contributed by atoms with van der Waals surface area (Å²) in [6.07, 6.45) is 5.75. The molecule has 0 aromatic heterocycles. The quantitative estimate of drug-likeness (QED) is 0.120. The third-order valence-corrected chi connectivity index (χ3v) is 8.47. The van der Waals surface area contributed by atoms with Crippen molar-refractivity contribution in [3.8, 4) is 5.75 Å². The van der Waals surface area contributed by atoms with Gasteiger partial charge in [0, 0.05) is 13.0 Å². The molecule has 47 heavy (non-hydrogen) atoms. The maximum atomic E-state index is 13.4. The number of aryl methyl sites for hydroxylation is 1. The lowest BCUT2D eigenvalue weighted by atomic mass is 9.91. The first kappa shape index (κ1) is 37.2. The van der Waals surface area contributed by atoms with Crippen molar-refractivity contribution >= 4 is 23.7 Å². The molecular weight excluding hydrogens is 602 g/mol. The summed E-state index contributed by atoms with van der Waals surface area (Å²) in [4.78, 5) is 50.3. The van der Waals surface area contributed by atoms with Crippen LogP contribution in [0.5, 0.6) is 5.75 Å². The molecule has 2 aromatic rings. The Labute approximate surface area is 277 Å². The number of allylic oxidation sites excluding steroid dienone is 1. The lowest BCUT2D eigenvalue weighted by Crippen LogP contribution is -2.53. The molecule has 11 nitrogen and oxygen atoms in total. The predicted octanol–water partition coefficient (Wildman–Crippen LogP) is 3.62. The maximum absolute atomic E-state index is 13.4. The van der Waals surface area contributed by atoms with Gasteiger partial charge in [0.05, 0.1) is 25.2 Å². The molecule has 5 N–H and O–H groups in total. The molecule has 2 aromatic carbocycles. The highest BCUT2D eigenvalue weighted by Crippen LogP contribution is 2.44. The van der Waals surface area contributed by atoms with Crippen LogP contribution in [0.15, 0.2) is 54.6 Å². The van der Waals surface area contributed by atoms with E-state index in [9.17, 15) is 24.3 Å². The van der Waals surface area contributed by atoms with Gasteiger partial charge >= 0.3 is 5.97 Å². The van der Waals surface area contributed by atoms with Crippen molar-refractivity contribution in [3.05, 3.63) is 76.9 Å². The minimum absolute atomic E-state index is 0.00468. The van der Waals surface area contributed by atoms with E-state index in [0.717, 1.165) is 40.8 Å². The van der Waals surface area contributed by atoms with Crippen molar-refractivity contribution in [2.45, 2.75) is 91.2 Å². The van der Waals surface area contributed by atoms with Crippen LogP contribution in [0.2, 0.25) is 0 Å². The zero-order chi connectivity index (χ0) is 34.7. The predicted molar refractivity (Wildman–Crippen MR) is 178 cm³/mol. The van der Waals surface area contributed by atoms with Gasteiger partial charge in [-0.05, 0) is 80.3 Å². The number of aliphatic carboxylic acids is 1. The Morgan fingerprint density at radius 3 is 2.34 bits per heavy atom. The molecule has 11 heteroatoms. The molecule has 1 aliphatic rings. The van der Waals surface area contributed by atoms with E-state index in [1.165, 1.54) is 13.0 Å². The second-order valence-electron chi connectivity index (χ2n) is 12.8. The monoisotopic (exact) mass is 651 g/mol. The van der Waals surface area contributed by atoms with Crippen molar-refractivity contribution in [1.82, 2.24) is 16.0 Å². The molecule has 1 heterocycles. The lowest BCUT2D eigenvalue weighted by molar-refractivity contribution is -0.143. The standard InChI is InChI=1S/C36H49N3O8/c1-7-26-18-25(14-17-29(26)46-6)19-28(33(42)37-21-36(4,5)35(45)38-23(3)34(43)44)39-30(41)11-9-8-10-22(2)31-32(47-31)27-15-12-24(20-40)13-16-27/h9,11-18,22-23,28,31-32,40H,7-8,10,19-21H2,1-6H3,(H,37,42)(H,38,45)(H,39,41)(H,43,44)/b11-9+/t22-,23-,28+,31?,32?/m0/s1. The van der Waals surface area contributed by atoms with Gasteiger partial charge in [0.25, 0.3) is 0 Å². The highest BCUT2D eigenvalue weighted by Gasteiger charge is 2.43. The number of benzene rings is 2. The van der Waals surface area contributed by atoms with Crippen LogP contribution in [0.1, 0.15) is 75.8 Å². The van der Waals surface area contributed by atoms with Crippen LogP contribution in [0, 0.1) is 11.3 Å². The zero-order valence-electron chi connectivity index (χ0n) is 28.2. The molecule has 0 saturated carbocycles. The molecule has 0 spiro atoms. The Morgan fingerprint density at radius 1 is 1.04 bits per heavy atom. The zero-order valence-corrected chi connectivity index (χ0v) is 28.2. The molecule has 1 saturated heterocycles. The number of nitrogens with one attached hydrogen (secondary N) is 3. The van der Waals surface area contributed by atoms with Gasteiger partial charge in [-0.15, -0.1) is 0 Å². The number of aliphatic hydroxyl groups excluding tert-OH is 1. The van der Waals surface area contributed by atoms with Crippen LogP contribution < -0.4 is 20.7 Å². The number of rotatable bonds is 18. The van der Waals surface area contributed by atoms with E-state index in [1.807, 2.05) is 49.4 Å². The molecule has 0 aliphatic carbocycles. The summed E-state index contributed by atoms with van der Waals surface area (Å²) in [5.41, 5.74) is 2.64. The summed E-state index contributed by atoms with van der Waals surface area (Å²) in [5.74, 6) is -1.56. The van der Waals surface area contributed by atoms with Gasteiger partial charge in [-0.3, -0.25) is 19.2 Å². The molecular formula is C36H49N3O8. The van der Waals surface area contributed by atoms with Gasteiger partial charge in [0.15, 0.2) is 0 Å². The molecule has 5 atom stereocenters. The Morgan fingerprint density at radius 2 is 1.72 bits per heavy atom. The van der Waals surface area contributed by atoms with Gasteiger partial charge in [-0.1, -0.05) is 56.3 Å². The fourth-order valence-corrected chi connectivity index (χ4v) is 5.22. The minimum atomic E-state index is -1.16. The Hall–Kier alpha value is -4.22. The normalized spacial score (nSPS) is 17.8. The number of epoxide rings is 1. The van der Waals surface area contributed by atoms with Crippen molar-refractivity contribution in [1.29, 1.82) is 0 Å². The van der Waals surface area contributed by atoms with E-state index in [4.69, 9.17) is 14.6 Å². The number of amides is 3. The highest BCUT2D eigenvalue weighted by molar-refractivity contribution is 5.93. The fourth-order valence-electron chi connectivity index (χ4n) is 5.22. The van der Waals surface area contributed by atoms with Crippen molar-refractivity contribution in [2.75, 3.05) is 13.7 Å². The van der Waals surface area contributed by atoms with Crippen molar-refractivity contribution in [2.24, 2.45) is 11.3 Å². The van der Waals surface area contributed by atoms with Crippen LogP contribution in [0.4, 0.5) is 0 Å². The molecule has 1 fully saturated rings. The number of hydrogen-bond acceptors (Lipinski definition) is 7. The molecule has 3 amide bonds. The number of carboxylic acid groups (broad SMARTS) is 1. The van der Waals surface area contributed by atoms with Gasteiger partial charge in [0.2, 0.25) is 17.7 Å². The van der Waals surface area contributed by atoms with E-state index in [0.29, 0.717) is 6.42 Å². The van der Waals surface area contributed by atoms with Crippen LogP contribution in [-0.2, 0) is 43.4 Å². The number of methoxy groups -OCH3 is 1. The van der Waals surface area contributed by atoms with Crippen molar-refractivity contribution < 1.29 is 38.9 Å². The summed E-state index contributed by atoms with van der Waals surface area (Å²) in [6, 6.07) is 11.4. The van der Waals surface area contributed by atoms with E-state index >= 15 is 0 Å². The minimum Gasteiger partial charge on any atom is -0.496 e. The van der Waals surface area contributed by atoms with Crippen LogP contribution in [-0.4, -0.2) is 65.7 Å². The first-order chi connectivity index (χ1) is 22.3. The van der Waals surface area contributed by atoms with Gasteiger partial charge < -0.3 is 35.6 Å². The summed E-state index contributed by atoms with van der Waals surface area (Å²) < 4.78 is 11.3. The first-order valence-corrected chi connectivity index (χ1v) is 16.1. The summed E-state index contributed by atoms with van der Waals surface area (Å²) in [5, 5.41) is 26.4. The van der Waals surface area contributed by atoms with Gasteiger partial charge in [-0.2, -0.15) is 0 Å². The average Bonchev–Trinajstić information content (AvgIpc) is 3.86. The molecule has 256 valence electrons. The lowest BCUT2D eigenvalue weighted by Gasteiger charge is -2.26. The largest absolute Gasteiger partial charge is 0.496 e. The Bertz CT molecular complexity index is 1420. The van der Waals surface area contributed by atoms with Crippen LogP contribution in [0.3, 0.4) is 0 Å². The van der Waals surface area contributed by atoms with E-state index in [2.05, 4.69) is 22.9 Å². The molecule has 2 unspecified atom stereocenters. The smallest absolute Gasteiger partial charge is 0.325 e. The number of carbonyl (C=O) groups excluding carboxylic acids is 3. The first-order valence-electron chi connectivity index (χ1n) is 16.1. The van der Waals surface area contributed by atoms with E-state index < -0.39 is 41.2 Å². The molecule has 1 aliphatic heterocycles. The highest BCUT2D eigenvalue weighted by atomic mass is 16.6. The topological polar surface area (TPSA) is 167 Å².